The van der Waals surface area contributed by atoms with Gasteiger partial charge in [-0.3, -0.25) is 9.59 Å². The minimum Gasteiger partial charge on any atom is -0.353 e. The fourth-order valence-corrected chi connectivity index (χ4v) is 1.84. The third kappa shape index (κ3) is 4.35. The SMILES string of the molecule is CCC(C)NC(=O)C(C)(C)C(=O)Nc1cccc(Cl)c1Cl. The van der Waals surface area contributed by atoms with Crippen LogP contribution in [0.5, 0.6) is 0 Å². The normalized spacial score (nSPS) is 12.7. The standard InChI is InChI=1S/C15H20Cl2N2O2/c1-5-9(2)18-13(20)15(3,4)14(21)19-11-8-6-7-10(16)12(11)17/h6-9H,5H2,1-4H3,(H,18,20)(H,19,21). The molecule has 0 saturated heterocycles. The van der Waals surface area contributed by atoms with Gasteiger partial charge in [0.1, 0.15) is 5.41 Å². The number of nitrogens with one attached hydrogen (secondary N) is 2. The van der Waals surface area contributed by atoms with Gasteiger partial charge in [-0.2, -0.15) is 0 Å². The Kier molecular flexibility index (Phi) is 6.05. The molecule has 0 aliphatic carbocycles. The highest BCUT2D eigenvalue weighted by Gasteiger charge is 2.36. The number of hydrogen-bond donors (Lipinski definition) is 2. The fourth-order valence-electron chi connectivity index (χ4n) is 1.49. The minimum absolute atomic E-state index is 0.0133. The summed E-state index contributed by atoms with van der Waals surface area (Å²) in [5.74, 6) is -0.764. The summed E-state index contributed by atoms with van der Waals surface area (Å²) in [6.45, 7) is 6.99. The van der Waals surface area contributed by atoms with Gasteiger partial charge < -0.3 is 10.6 Å². The van der Waals surface area contributed by atoms with E-state index in [1.165, 1.54) is 0 Å². The molecule has 1 aromatic rings. The lowest BCUT2D eigenvalue weighted by molar-refractivity contribution is -0.138. The van der Waals surface area contributed by atoms with Crippen LogP contribution in [0, 0.1) is 5.41 Å². The summed E-state index contributed by atoms with van der Waals surface area (Å²) in [6, 6.07) is 4.95. The molecule has 21 heavy (non-hydrogen) atoms. The quantitative estimate of drug-likeness (QED) is 0.805. The van der Waals surface area contributed by atoms with Crippen LogP contribution in [0.3, 0.4) is 0 Å². The second-order valence-corrected chi connectivity index (χ2v) is 6.25. The molecule has 0 radical (unpaired) electrons. The molecule has 0 bridgehead atoms. The molecule has 0 aromatic heterocycles. The number of halogens is 2. The van der Waals surface area contributed by atoms with Crippen molar-refractivity contribution in [3.63, 3.8) is 0 Å². The van der Waals surface area contributed by atoms with E-state index < -0.39 is 11.3 Å². The molecule has 0 aliphatic heterocycles. The molecule has 1 aromatic carbocycles. The monoisotopic (exact) mass is 330 g/mol. The Morgan fingerprint density at radius 1 is 1.24 bits per heavy atom. The zero-order valence-electron chi connectivity index (χ0n) is 12.6. The Hall–Kier alpha value is -1.26. The Labute approximate surface area is 135 Å². The van der Waals surface area contributed by atoms with Gasteiger partial charge in [0.15, 0.2) is 0 Å². The van der Waals surface area contributed by atoms with Crippen LogP contribution >= 0.6 is 23.2 Å². The smallest absolute Gasteiger partial charge is 0.239 e. The maximum absolute atomic E-state index is 12.3. The van der Waals surface area contributed by atoms with Crippen molar-refractivity contribution >= 4 is 40.7 Å². The molecule has 6 heteroatoms. The van der Waals surface area contributed by atoms with Gasteiger partial charge in [-0.15, -0.1) is 0 Å². The molecule has 0 saturated carbocycles. The van der Waals surface area contributed by atoms with Crippen LogP contribution in [-0.4, -0.2) is 17.9 Å². The Morgan fingerprint density at radius 2 is 1.86 bits per heavy atom. The molecule has 1 rings (SSSR count). The Balaban J connectivity index is 2.86. The van der Waals surface area contributed by atoms with Crippen LogP contribution in [0.15, 0.2) is 18.2 Å². The number of carbonyl (C=O) groups excluding carboxylic acids is 2. The fraction of sp³-hybridized carbons (Fsp3) is 0.467. The summed E-state index contributed by atoms with van der Waals surface area (Å²) in [5, 5.41) is 6.05. The van der Waals surface area contributed by atoms with Crippen molar-refractivity contribution in [2.24, 2.45) is 5.41 Å². The molecule has 1 atom stereocenters. The van der Waals surface area contributed by atoms with Crippen LogP contribution in [0.4, 0.5) is 5.69 Å². The van der Waals surface area contributed by atoms with Gasteiger partial charge in [-0.1, -0.05) is 36.2 Å². The summed E-state index contributed by atoms with van der Waals surface area (Å²) in [4.78, 5) is 24.5. The van der Waals surface area contributed by atoms with Crippen molar-refractivity contribution in [3.8, 4) is 0 Å². The van der Waals surface area contributed by atoms with Crippen LogP contribution in [0.1, 0.15) is 34.1 Å². The largest absolute Gasteiger partial charge is 0.353 e. The first kappa shape index (κ1) is 17.8. The first-order valence-electron chi connectivity index (χ1n) is 6.76. The molecular weight excluding hydrogens is 311 g/mol. The van der Waals surface area contributed by atoms with Crippen molar-refractivity contribution in [2.75, 3.05) is 5.32 Å². The zero-order valence-corrected chi connectivity index (χ0v) is 14.1. The molecule has 0 heterocycles. The number of rotatable bonds is 5. The number of carbonyl (C=O) groups is 2. The first-order chi connectivity index (χ1) is 9.70. The van der Waals surface area contributed by atoms with Crippen LogP contribution in [-0.2, 0) is 9.59 Å². The van der Waals surface area contributed by atoms with Crippen LogP contribution in [0.25, 0.3) is 0 Å². The average Bonchev–Trinajstić information content (AvgIpc) is 2.43. The van der Waals surface area contributed by atoms with Crippen molar-refractivity contribution in [1.29, 1.82) is 0 Å². The van der Waals surface area contributed by atoms with E-state index in [4.69, 9.17) is 23.2 Å². The second-order valence-electron chi connectivity index (χ2n) is 5.46. The van der Waals surface area contributed by atoms with Crippen LogP contribution in [0.2, 0.25) is 10.0 Å². The maximum atomic E-state index is 12.3. The molecule has 0 spiro atoms. The van der Waals surface area contributed by atoms with Gasteiger partial charge in [0.25, 0.3) is 0 Å². The highest BCUT2D eigenvalue weighted by Crippen LogP contribution is 2.30. The topological polar surface area (TPSA) is 58.2 Å². The predicted octanol–water partition coefficient (Wildman–Crippen LogP) is 3.87. The van der Waals surface area contributed by atoms with Crippen molar-refractivity contribution in [3.05, 3.63) is 28.2 Å². The maximum Gasteiger partial charge on any atom is 0.239 e. The van der Waals surface area contributed by atoms with E-state index in [0.717, 1.165) is 6.42 Å². The van der Waals surface area contributed by atoms with Gasteiger partial charge >= 0.3 is 0 Å². The van der Waals surface area contributed by atoms with Crippen LogP contribution < -0.4 is 10.6 Å². The van der Waals surface area contributed by atoms with Gasteiger partial charge in [-0.05, 0) is 39.3 Å². The molecule has 0 aliphatic rings. The Morgan fingerprint density at radius 3 is 2.43 bits per heavy atom. The minimum atomic E-state index is -1.21. The molecule has 4 nitrogen and oxygen atoms in total. The highest BCUT2D eigenvalue weighted by molar-refractivity contribution is 6.44. The molecule has 0 fully saturated rings. The second kappa shape index (κ2) is 7.14. The number of anilines is 1. The van der Waals surface area contributed by atoms with E-state index in [-0.39, 0.29) is 17.0 Å². The number of benzene rings is 1. The average molecular weight is 331 g/mol. The van der Waals surface area contributed by atoms with Crippen molar-refractivity contribution < 1.29 is 9.59 Å². The first-order valence-corrected chi connectivity index (χ1v) is 7.52. The van der Waals surface area contributed by atoms with Gasteiger partial charge in [0.2, 0.25) is 11.8 Å². The molecule has 116 valence electrons. The molecule has 1 unspecified atom stereocenters. The number of amides is 2. The summed E-state index contributed by atoms with van der Waals surface area (Å²) < 4.78 is 0. The lowest BCUT2D eigenvalue weighted by Crippen LogP contribution is -2.47. The molecular formula is C15H20Cl2N2O2. The zero-order chi connectivity index (χ0) is 16.2. The third-order valence-corrected chi connectivity index (χ3v) is 4.14. The van der Waals surface area contributed by atoms with E-state index in [2.05, 4.69) is 10.6 Å². The van der Waals surface area contributed by atoms with E-state index in [1.54, 1.807) is 32.0 Å². The lowest BCUT2D eigenvalue weighted by atomic mass is 9.90. The van der Waals surface area contributed by atoms with E-state index in [1.807, 2.05) is 13.8 Å². The Bertz CT molecular complexity index is 544. The molecule has 2 amide bonds. The lowest BCUT2D eigenvalue weighted by Gasteiger charge is -2.25. The predicted molar refractivity (Wildman–Crippen MR) is 86.8 cm³/mol. The highest BCUT2D eigenvalue weighted by atomic mass is 35.5. The van der Waals surface area contributed by atoms with E-state index in [9.17, 15) is 9.59 Å². The van der Waals surface area contributed by atoms with E-state index in [0.29, 0.717) is 10.7 Å². The van der Waals surface area contributed by atoms with Gasteiger partial charge in [0, 0.05) is 6.04 Å². The van der Waals surface area contributed by atoms with E-state index >= 15 is 0 Å². The molecule has 2 N–H and O–H groups in total. The number of hydrogen-bond acceptors (Lipinski definition) is 2. The van der Waals surface area contributed by atoms with Crippen molar-refractivity contribution in [2.45, 2.75) is 40.2 Å². The summed E-state index contributed by atoms with van der Waals surface area (Å²) in [7, 11) is 0. The third-order valence-electron chi connectivity index (χ3n) is 3.32. The van der Waals surface area contributed by atoms with Gasteiger partial charge in [0.05, 0.1) is 15.7 Å². The van der Waals surface area contributed by atoms with Crippen molar-refractivity contribution in [1.82, 2.24) is 5.32 Å². The van der Waals surface area contributed by atoms with Gasteiger partial charge in [-0.25, -0.2) is 0 Å². The summed E-state index contributed by atoms with van der Waals surface area (Å²) in [5.41, 5.74) is -0.826. The summed E-state index contributed by atoms with van der Waals surface area (Å²) in [6.07, 6.45) is 0.795. The summed E-state index contributed by atoms with van der Waals surface area (Å²) >= 11 is 11.9.